The number of aromatic nitrogens is 3. The topological polar surface area (TPSA) is 175 Å². The van der Waals surface area contributed by atoms with Crippen molar-refractivity contribution in [3.63, 3.8) is 0 Å². The highest BCUT2D eigenvalue weighted by Gasteiger charge is 2.40. The lowest BCUT2D eigenvalue weighted by atomic mass is 9.96. The van der Waals surface area contributed by atoms with E-state index in [1.54, 1.807) is 7.11 Å². The molecule has 2 heterocycles. The van der Waals surface area contributed by atoms with Gasteiger partial charge in [0.1, 0.15) is 5.75 Å². The first-order chi connectivity index (χ1) is 20.1. The summed E-state index contributed by atoms with van der Waals surface area (Å²) in [5, 5.41) is 35.0. The fourth-order valence-corrected chi connectivity index (χ4v) is 4.43. The Bertz CT molecular complexity index is 1450. The second-order valence-corrected chi connectivity index (χ2v) is 9.64. The average Bonchev–Trinajstić information content (AvgIpc) is 3.46. The van der Waals surface area contributed by atoms with Gasteiger partial charge < -0.3 is 29.7 Å². The Hall–Kier alpha value is -4.81. The van der Waals surface area contributed by atoms with Crippen LogP contribution in [-0.4, -0.2) is 77.0 Å². The highest BCUT2D eigenvalue weighted by atomic mass is 16.5. The maximum Gasteiger partial charge on any atom is 0.336 e. The van der Waals surface area contributed by atoms with Gasteiger partial charge in [-0.1, -0.05) is 36.4 Å². The Labute approximate surface area is 242 Å². The summed E-state index contributed by atoms with van der Waals surface area (Å²) in [5.41, 5.74) is 0.808. The van der Waals surface area contributed by atoms with E-state index in [2.05, 4.69) is 55.8 Å². The van der Waals surface area contributed by atoms with E-state index >= 15 is 0 Å². The number of hydrogen-bond acceptors (Lipinski definition) is 8. The molecule has 0 radical (unpaired) electrons. The van der Waals surface area contributed by atoms with Gasteiger partial charge in [0.15, 0.2) is 5.60 Å². The molecule has 0 aliphatic heterocycles. The Kier molecular flexibility index (Phi) is 11.5. The van der Waals surface area contributed by atoms with E-state index < -0.39 is 36.4 Å². The van der Waals surface area contributed by atoms with Gasteiger partial charge in [0.2, 0.25) is 0 Å². The van der Waals surface area contributed by atoms with E-state index in [1.165, 1.54) is 16.5 Å². The van der Waals surface area contributed by atoms with Crippen molar-refractivity contribution in [1.29, 1.82) is 0 Å². The molecule has 0 aliphatic carbocycles. The van der Waals surface area contributed by atoms with Crippen molar-refractivity contribution in [2.24, 2.45) is 0 Å². The lowest BCUT2D eigenvalue weighted by Crippen LogP contribution is -2.42. The number of methoxy groups -OCH3 is 1. The number of ether oxygens (including phenoxy) is 1. The number of pyridine rings is 1. The minimum Gasteiger partial charge on any atom is -0.496 e. The van der Waals surface area contributed by atoms with Gasteiger partial charge in [0.25, 0.3) is 0 Å². The van der Waals surface area contributed by atoms with E-state index in [-0.39, 0.29) is 0 Å². The number of carbonyl (C=O) groups is 3. The highest BCUT2D eigenvalue weighted by molar-refractivity contribution is 5.88. The molecular formula is C30H34N4O8. The standard InChI is InChI=1S/C24H26N4O.C6H8O7/c1-29-24-10-5-2-7-21(24)18-28(15-6-14-27-16-13-25-19-27)17-20-11-12-26-23-9-4-3-8-22(20)23;7-3(8)1-6(13,5(11)12)2-4(9)10/h2-5,7-13,16,19H,6,14-15,17-18H2,1H3;13H,1-2H2,(H,7,8)(H,9,10)(H,11,12). The van der Waals surface area contributed by atoms with Gasteiger partial charge in [-0.2, -0.15) is 0 Å². The lowest BCUT2D eigenvalue weighted by molar-refractivity contribution is -0.170. The third kappa shape index (κ3) is 9.39. The summed E-state index contributed by atoms with van der Waals surface area (Å²) in [4.78, 5) is 41.6. The van der Waals surface area contributed by atoms with Crippen molar-refractivity contribution in [3.05, 3.63) is 90.6 Å². The zero-order valence-electron chi connectivity index (χ0n) is 23.2. The quantitative estimate of drug-likeness (QED) is 0.173. The van der Waals surface area contributed by atoms with Crippen LogP contribution in [-0.2, 0) is 34.0 Å². The minimum atomic E-state index is -2.74. The van der Waals surface area contributed by atoms with Crippen LogP contribution in [0.1, 0.15) is 30.4 Å². The predicted molar refractivity (Wildman–Crippen MR) is 153 cm³/mol. The van der Waals surface area contributed by atoms with Crippen molar-refractivity contribution in [2.75, 3.05) is 13.7 Å². The zero-order chi connectivity index (χ0) is 30.5. The molecule has 0 amide bonds. The Morgan fingerprint density at radius 2 is 1.57 bits per heavy atom. The van der Waals surface area contributed by atoms with Crippen LogP contribution in [0, 0.1) is 0 Å². The normalized spacial score (nSPS) is 11.1. The monoisotopic (exact) mass is 578 g/mol. The van der Waals surface area contributed by atoms with E-state index in [9.17, 15) is 14.4 Å². The maximum atomic E-state index is 10.3. The summed E-state index contributed by atoms with van der Waals surface area (Å²) < 4.78 is 7.71. The number of aliphatic hydroxyl groups is 1. The summed E-state index contributed by atoms with van der Waals surface area (Å²) in [7, 11) is 1.73. The van der Waals surface area contributed by atoms with Crippen molar-refractivity contribution < 1.29 is 39.5 Å². The summed E-state index contributed by atoms with van der Waals surface area (Å²) in [6, 6.07) is 18.7. The minimum absolute atomic E-state index is 0.838. The van der Waals surface area contributed by atoms with Gasteiger partial charge in [0, 0.05) is 55.7 Å². The first-order valence-electron chi connectivity index (χ1n) is 13.1. The van der Waals surface area contributed by atoms with E-state index in [0.717, 1.165) is 43.9 Å². The highest BCUT2D eigenvalue weighted by Crippen LogP contribution is 2.23. The van der Waals surface area contributed by atoms with E-state index in [1.807, 2.05) is 43.1 Å². The van der Waals surface area contributed by atoms with Crippen LogP contribution in [0.5, 0.6) is 5.75 Å². The van der Waals surface area contributed by atoms with Gasteiger partial charge >= 0.3 is 17.9 Å². The molecule has 0 unspecified atom stereocenters. The Balaban J connectivity index is 0.000000316. The van der Waals surface area contributed by atoms with Crippen LogP contribution in [0.15, 0.2) is 79.5 Å². The third-order valence-electron chi connectivity index (χ3n) is 6.46. The first-order valence-corrected chi connectivity index (χ1v) is 13.1. The van der Waals surface area contributed by atoms with Gasteiger partial charge in [0.05, 0.1) is 31.8 Å². The molecule has 4 aromatic rings. The second-order valence-electron chi connectivity index (χ2n) is 9.64. The zero-order valence-corrected chi connectivity index (χ0v) is 23.2. The number of fused-ring (bicyclic) bond motifs is 1. The molecular weight excluding hydrogens is 544 g/mol. The summed E-state index contributed by atoms with van der Waals surface area (Å²) in [6.45, 7) is 3.64. The molecule has 0 saturated carbocycles. The first kappa shape index (κ1) is 31.7. The average molecular weight is 579 g/mol. The second kappa shape index (κ2) is 15.3. The summed E-state index contributed by atoms with van der Waals surface area (Å²) >= 11 is 0. The molecule has 0 spiro atoms. The van der Waals surface area contributed by atoms with Crippen molar-refractivity contribution >= 4 is 28.8 Å². The van der Waals surface area contributed by atoms with Crippen LogP contribution in [0.3, 0.4) is 0 Å². The number of benzene rings is 2. The van der Waals surface area contributed by atoms with Crippen LogP contribution < -0.4 is 4.74 Å². The number of nitrogens with zero attached hydrogens (tertiary/aromatic N) is 4. The summed E-state index contributed by atoms with van der Waals surface area (Å²) in [6.07, 6.45) is 6.39. The van der Waals surface area contributed by atoms with Crippen molar-refractivity contribution in [1.82, 2.24) is 19.4 Å². The van der Waals surface area contributed by atoms with Crippen molar-refractivity contribution in [2.45, 2.75) is 44.5 Å². The molecule has 12 heteroatoms. The number of para-hydroxylation sites is 2. The van der Waals surface area contributed by atoms with Crippen LogP contribution in [0.25, 0.3) is 10.9 Å². The largest absolute Gasteiger partial charge is 0.496 e. The van der Waals surface area contributed by atoms with Crippen molar-refractivity contribution in [3.8, 4) is 5.75 Å². The molecule has 4 rings (SSSR count). The molecule has 4 N–H and O–H groups in total. The van der Waals surface area contributed by atoms with Gasteiger partial charge in [-0.25, -0.2) is 9.78 Å². The Morgan fingerprint density at radius 3 is 2.21 bits per heavy atom. The molecule has 0 fully saturated rings. The number of hydrogen-bond donors (Lipinski definition) is 4. The van der Waals surface area contributed by atoms with Gasteiger partial charge in [-0.15, -0.1) is 0 Å². The molecule has 0 aliphatic rings. The van der Waals surface area contributed by atoms with Gasteiger partial charge in [-0.05, 0) is 30.2 Å². The Morgan fingerprint density at radius 1 is 0.905 bits per heavy atom. The van der Waals surface area contributed by atoms with Crippen LogP contribution in [0.2, 0.25) is 0 Å². The number of carboxylic acids is 3. The fourth-order valence-electron chi connectivity index (χ4n) is 4.43. The molecule has 2 aromatic heterocycles. The SMILES string of the molecule is COc1ccccc1CN(CCCn1ccnc1)Cc1ccnc2ccccc12.O=C(O)CC(O)(CC(=O)O)C(=O)O. The smallest absolute Gasteiger partial charge is 0.336 e. The van der Waals surface area contributed by atoms with E-state index in [4.69, 9.17) is 25.2 Å². The van der Waals surface area contributed by atoms with Crippen LogP contribution >= 0.6 is 0 Å². The molecule has 0 bridgehead atoms. The summed E-state index contributed by atoms with van der Waals surface area (Å²) in [5.74, 6) is -4.08. The predicted octanol–water partition coefficient (Wildman–Crippen LogP) is 3.28. The number of aryl methyl sites for hydroxylation is 1. The maximum absolute atomic E-state index is 10.3. The molecule has 0 atom stereocenters. The number of rotatable bonds is 14. The lowest BCUT2D eigenvalue weighted by Gasteiger charge is -2.24. The number of imidazole rings is 1. The third-order valence-corrected chi connectivity index (χ3v) is 6.46. The molecule has 0 saturated heterocycles. The molecule has 42 heavy (non-hydrogen) atoms. The van der Waals surface area contributed by atoms with E-state index in [0.29, 0.717) is 0 Å². The molecule has 222 valence electrons. The van der Waals surface area contributed by atoms with Gasteiger partial charge in [-0.3, -0.25) is 19.5 Å². The molecule has 12 nitrogen and oxygen atoms in total. The molecule has 2 aromatic carbocycles. The fraction of sp³-hybridized carbons (Fsp3) is 0.300. The van der Waals surface area contributed by atoms with Crippen LogP contribution in [0.4, 0.5) is 0 Å². The number of aliphatic carboxylic acids is 3. The number of carboxylic acid groups (broad SMARTS) is 3.